The van der Waals surface area contributed by atoms with Crippen LogP contribution in [0.2, 0.25) is 5.02 Å². The van der Waals surface area contributed by atoms with Gasteiger partial charge in [-0.1, -0.05) is 23.7 Å². The molecular weight excluding hydrogens is 274 g/mol. The summed E-state index contributed by atoms with van der Waals surface area (Å²) in [6.07, 6.45) is 1.78. The van der Waals surface area contributed by atoms with Crippen molar-refractivity contribution in [2.45, 2.75) is 20.0 Å². The van der Waals surface area contributed by atoms with E-state index in [1.807, 2.05) is 19.1 Å². The van der Waals surface area contributed by atoms with E-state index in [0.29, 0.717) is 23.7 Å². The zero-order chi connectivity index (χ0) is 14.5. The lowest BCUT2D eigenvalue weighted by molar-refractivity contribution is 0.100. The maximum Gasteiger partial charge on any atom is 0.248 e. The molecule has 0 radical (unpaired) electrons. The molecule has 5 heteroatoms. The van der Waals surface area contributed by atoms with Crippen LogP contribution in [-0.4, -0.2) is 10.9 Å². The molecule has 0 atom stereocenters. The molecule has 3 N–H and O–H groups in total. The van der Waals surface area contributed by atoms with Crippen molar-refractivity contribution in [2.24, 2.45) is 5.73 Å². The van der Waals surface area contributed by atoms with Crippen molar-refractivity contribution >= 4 is 17.5 Å². The van der Waals surface area contributed by atoms with Crippen molar-refractivity contribution in [3.63, 3.8) is 0 Å². The Labute approximate surface area is 123 Å². The van der Waals surface area contributed by atoms with Crippen LogP contribution in [0.25, 0.3) is 0 Å². The van der Waals surface area contributed by atoms with Crippen molar-refractivity contribution < 1.29 is 4.79 Å². The largest absolute Gasteiger partial charge is 0.366 e. The van der Waals surface area contributed by atoms with Crippen LogP contribution in [0.1, 0.15) is 27.2 Å². The molecule has 0 saturated heterocycles. The Morgan fingerprint density at radius 3 is 2.80 bits per heavy atom. The zero-order valence-corrected chi connectivity index (χ0v) is 11.9. The first-order valence-corrected chi connectivity index (χ1v) is 6.65. The Hall–Kier alpha value is -1.91. The van der Waals surface area contributed by atoms with Gasteiger partial charge in [0.1, 0.15) is 0 Å². The van der Waals surface area contributed by atoms with Gasteiger partial charge in [-0.25, -0.2) is 0 Å². The third-order valence-electron chi connectivity index (χ3n) is 3.06. The van der Waals surface area contributed by atoms with Crippen LogP contribution in [-0.2, 0) is 13.1 Å². The number of hydrogen-bond donors (Lipinski definition) is 2. The van der Waals surface area contributed by atoms with Gasteiger partial charge in [-0.05, 0) is 36.2 Å². The molecule has 0 aliphatic rings. The van der Waals surface area contributed by atoms with Crippen molar-refractivity contribution in [1.29, 1.82) is 0 Å². The van der Waals surface area contributed by atoms with E-state index in [-0.39, 0.29) is 0 Å². The highest BCUT2D eigenvalue weighted by molar-refractivity contribution is 6.31. The zero-order valence-electron chi connectivity index (χ0n) is 11.2. The van der Waals surface area contributed by atoms with E-state index in [2.05, 4.69) is 10.3 Å². The average molecular weight is 290 g/mol. The van der Waals surface area contributed by atoms with Crippen molar-refractivity contribution in [2.75, 3.05) is 0 Å². The summed E-state index contributed by atoms with van der Waals surface area (Å²) in [4.78, 5) is 15.4. The van der Waals surface area contributed by atoms with Crippen LogP contribution in [0, 0.1) is 6.92 Å². The normalized spacial score (nSPS) is 10.5. The summed E-state index contributed by atoms with van der Waals surface area (Å²) in [6.45, 7) is 3.30. The summed E-state index contributed by atoms with van der Waals surface area (Å²) in [5.74, 6) is -0.476. The van der Waals surface area contributed by atoms with Crippen molar-refractivity contribution in [1.82, 2.24) is 10.3 Å². The highest BCUT2D eigenvalue weighted by Crippen LogP contribution is 2.17. The number of aryl methyl sites for hydroxylation is 1. The van der Waals surface area contributed by atoms with Crippen molar-refractivity contribution in [3.05, 3.63) is 63.9 Å². The minimum atomic E-state index is -0.476. The number of nitrogens with two attached hydrogens (primary N) is 1. The molecule has 20 heavy (non-hydrogen) atoms. The van der Waals surface area contributed by atoms with Crippen LogP contribution in [0.4, 0.5) is 0 Å². The summed E-state index contributed by atoms with van der Waals surface area (Å²) in [5, 5.41) is 3.82. The molecule has 0 unspecified atom stereocenters. The minimum Gasteiger partial charge on any atom is -0.366 e. The first kappa shape index (κ1) is 14.5. The van der Waals surface area contributed by atoms with Crippen LogP contribution < -0.4 is 11.1 Å². The number of primary amides is 1. The second-order valence-corrected chi connectivity index (χ2v) is 4.95. The number of hydrogen-bond acceptors (Lipinski definition) is 3. The summed E-state index contributed by atoms with van der Waals surface area (Å²) in [7, 11) is 0. The second kappa shape index (κ2) is 6.50. The average Bonchev–Trinajstić information content (AvgIpc) is 2.42. The third-order valence-corrected chi connectivity index (χ3v) is 3.42. The van der Waals surface area contributed by atoms with E-state index in [9.17, 15) is 4.79 Å². The SMILES string of the molecule is Cc1cccnc1CNCc1ccc(C(N)=O)cc1Cl. The third kappa shape index (κ3) is 3.56. The maximum absolute atomic E-state index is 11.0. The van der Waals surface area contributed by atoms with Gasteiger partial charge in [0.05, 0.1) is 5.69 Å². The molecule has 0 aliphatic heterocycles. The Balaban J connectivity index is 1.98. The van der Waals surface area contributed by atoms with Gasteiger partial charge in [-0.15, -0.1) is 0 Å². The molecule has 104 valence electrons. The van der Waals surface area contributed by atoms with Gasteiger partial charge < -0.3 is 11.1 Å². The Morgan fingerprint density at radius 1 is 1.35 bits per heavy atom. The van der Waals surface area contributed by atoms with Gasteiger partial charge in [0.25, 0.3) is 0 Å². The van der Waals surface area contributed by atoms with Crippen LogP contribution in [0.15, 0.2) is 36.5 Å². The predicted molar refractivity (Wildman–Crippen MR) is 79.5 cm³/mol. The molecule has 1 amide bonds. The highest BCUT2D eigenvalue weighted by Gasteiger charge is 2.06. The van der Waals surface area contributed by atoms with E-state index >= 15 is 0 Å². The molecule has 0 fully saturated rings. The van der Waals surface area contributed by atoms with Gasteiger partial charge in [0.2, 0.25) is 5.91 Å². The van der Waals surface area contributed by atoms with Crippen LogP contribution >= 0.6 is 11.6 Å². The summed E-state index contributed by atoms with van der Waals surface area (Å²) >= 11 is 6.12. The summed E-state index contributed by atoms with van der Waals surface area (Å²) in [5.41, 5.74) is 8.70. The van der Waals surface area contributed by atoms with Gasteiger partial charge in [-0.2, -0.15) is 0 Å². The smallest absolute Gasteiger partial charge is 0.248 e. The van der Waals surface area contributed by atoms with Gasteiger partial charge in [-0.3, -0.25) is 9.78 Å². The fraction of sp³-hybridized carbons (Fsp3) is 0.200. The monoisotopic (exact) mass is 289 g/mol. The lowest BCUT2D eigenvalue weighted by Crippen LogP contribution is -2.15. The fourth-order valence-electron chi connectivity index (χ4n) is 1.86. The van der Waals surface area contributed by atoms with E-state index < -0.39 is 5.91 Å². The molecule has 0 saturated carbocycles. The van der Waals surface area contributed by atoms with Crippen molar-refractivity contribution in [3.8, 4) is 0 Å². The molecule has 0 bridgehead atoms. The number of nitrogens with zero attached hydrogens (tertiary/aromatic N) is 1. The van der Waals surface area contributed by atoms with Crippen LogP contribution in [0.5, 0.6) is 0 Å². The molecule has 0 aliphatic carbocycles. The van der Waals surface area contributed by atoms with Gasteiger partial charge in [0.15, 0.2) is 0 Å². The fourth-order valence-corrected chi connectivity index (χ4v) is 2.11. The highest BCUT2D eigenvalue weighted by atomic mass is 35.5. The first-order valence-electron chi connectivity index (χ1n) is 6.27. The number of carbonyl (C=O) groups is 1. The van der Waals surface area contributed by atoms with Gasteiger partial charge in [0, 0.05) is 29.9 Å². The lowest BCUT2D eigenvalue weighted by atomic mass is 10.1. The molecule has 1 aromatic heterocycles. The number of nitrogens with one attached hydrogen (secondary N) is 1. The molecule has 0 spiro atoms. The number of carbonyl (C=O) groups excluding carboxylic acids is 1. The summed E-state index contributed by atoms with van der Waals surface area (Å²) in [6, 6.07) is 9.02. The number of benzene rings is 1. The Kier molecular flexibility index (Phi) is 4.71. The second-order valence-electron chi connectivity index (χ2n) is 4.54. The molecule has 1 aromatic carbocycles. The van der Waals surface area contributed by atoms with Crippen LogP contribution in [0.3, 0.4) is 0 Å². The molecule has 4 nitrogen and oxygen atoms in total. The number of halogens is 1. The molecular formula is C15H16ClN3O. The summed E-state index contributed by atoms with van der Waals surface area (Å²) < 4.78 is 0. The topological polar surface area (TPSA) is 68.0 Å². The number of rotatable bonds is 5. The van der Waals surface area contributed by atoms with E-state index in [4.69, 9.17) is 17.3 Å². The first-order chi connectivity index (χ1) is 9.58. The van der Waals surface area contributed by atoms with Gasteiger partial charge >= 0.3 is 0 Å². The predicted octanol–water partition coefficient (Wildman–Crippen LogP) is 2.43. The van der Waals surface area contributed by atoms with E-state index in [0.717, 1.165) is 16.8 Å². The quantitative estimate of drug-likeness (QED) is 0.888. The number of amides is 1. The van der Waals surface area contributed by atoms with E-state index in [1.54, 1.807) is 24.4 Å². The lowest BCUT2D eigenvalue weighted by Gasteiger charge is -2.09. The Morgan fingerprint density at radius 2 is 2.15 bits per heavy atom. The minimum absolute atomic E-state index is 0.416. The maximum atomic E-state index is 11.0. The Bertz CT molecular complexity index is 628. The number of pyridine rings is 1. The molecule has 1 heterocycles. The number of aromatic nitrogens is 1. The standard InChI is InChI=1S/C15H16ClN3O/c1-10-3-2-6-19-14(10)9-18-8-12-5-4-11(15(17)20)7-13(12)16/h2-7,18H,8-9H2,1H3,(H2,17,20). The molecule has 2 aromatic rings. The van der Waals surface area contributed by atoms with E-state index in [1.165, 1.54) is 0 Å². The molecule has 2 rings (SSSR count).